The summed E-state index contributed by atoms with van der Waals surface area (Å²) in [6.45, 7) is 14.0. The Morgan fingerprint density at radius 1 is 0.676 bits per heavy atom. The summed E-state index contributed by atoms with van der Waals surface area (Å²) in [7, 11) is 0.968. The topological polar surface area (TPSA) is 213 Å². The minimum Gasteiger partial charge on any atom is -0.541 e. The smallest absolute Gasteiger partial charge is 0.258 e. The third-order valence-electron chi connectivity index (χ3n) is 13.3. The van der Waals surface area contributed by atoms with E-state index in [1.165, 1.54) is 29.2 Å². The number of aromatic hydroxyl groups is 1. The van der Waals surface area contributed by atoms with E-state index in [1.54, 1.807) is 55.7 Å². The van der Waals surface area contributed by atoms with Crippen LogP contribution in [0.5, 0.6) is 11.5 Å². The molecule has 0 saturated carbocycles. The number of carbonyl (C=O) groups is 2. The Labute approximate surface area is 395 Å². The molecule has 4 aromatic carbocycles. The molecule has 7 N–H and O–H groups in total. The van der Waals surface area contributed by atoms with Crippen molar-refractivity contribution in [1.29, 1.82) is 0 Å². The highest BCUT2D eigenvalue weighted by atomic mass is 28.4. The van der Waals surface area contributed by atoms with E-state index in [0.29, 0.717) is 75.9 Å². The lowest BCUT2D eigenvalue weighted by Gasteiger charge is -2.42. The van der Waals surface area contributed by atoms with E-state index in [4.69, 9.17) is 26.1 Å². The number of aromatic nitrogens is 2. The van der Waals surface area contributed by atoms with E-state index in [1.807, 2.05) is 12.1 Å². The lowest BCUT2D eigenvalue weighted by molar-refractivity contribution is 0.0807. The normalized spacial score (nSPS) is 14.1. The van der Waals surface area contributed by atoms with Crippen molar-refractivity contribution in [3.63, 3.8) is 0 Å². The second-order valence-electron chi connectivity index (χ2n) is 18.7. The van der Waals surface area contributed by atoms with Crippen molar-refractivity contribution in [2.24, 2.45) is 21.8 Å². The number of pyridine rings is 2. The number of nitrogens with two attached hydrogens (primary N) is 2. The highest BCUT2D eigenvalue weighted by molar-refractivity contribution is 6.78. The first kappa shape index (κ1) is 48.8. The Bertz CT molecular complexity index is 2960. The zero-order valence-corrected chi connectivity index (χ0v) is 40.6. The molecule has 0 bridgehead atoms. The van der Waals surface area contributed by atoms with Crippen LogP contribution in [0, 0.1) is 11.6 Å². The van der Waals surface area contributed by atoms with Gasteiger partial charge in [0.15, 0.2) is 5.75 Å². The SMILES string of the molecule is CC(C)[Si](Oc1c2c(c(C/C(N)=N/O)c3cc(Cc4ccc(F)cc4)cnc13)CN(C)C2=O)(C(C)C)C(C)C.CN1Cc2c(c(O)c3ncc(Cc4ccc(F)cc4)cc3c2C/C(N)=N/O)C1=O. The number of phenols is 1. The van der Waals surface area contributed by atoms with Crippen LogP contribution < -0.4 is 15.9 Å². The maximum absolute atomic E-state index is 13.6. The Hall–Kier alpha value is -7.14. The number of carbonyl (C=O) groups excluding carboxylic acids is 2. The summed E-state index contributed by atoms with van der Waals surface area (Å²) >= 11 is 0. The fraction of sp³-hybridized carbons (Fsp3) is 0.333. The molecule has 0 aliphatic carbocycles. The highest BCUT2D eigenvalue weighted by Crippen LogP contribution is 2.48. The van der Waals surface area contributed by atoms with Gasteiger partial charge in [-0.1, -0.05) is 76.1 Å². The van der Waals surface area contributed by atoms with Crippen LogP contribution in [-0.2, 0) is 38.8 Å². The number of oxime groups is 2. The number of rotatable bonds is 13. The number of amidine groups is 2. The summed E-state index contributed by atoms with van der Waals surface area (Å²) in [5.74, 6) is -0.569. The molecule has 2 aliphatic heterocycles. The number of phenolic OH excluding ortho intramolecular Hbond substituents is 1. The average molecular weight is 945 g/mol. The second kappa shape index (κ2) is 19.6. The van der Waals surface area contributed by atoms with E-state index >= 15 is 0 Å². The lowest BCUT2D eigenvalue weighted by atomic mass is 9.93. The molecule has 68 heavy (non-hydrogen) atoms. The maximum atomic E-state index is 13.6. The zero-order chi connectivity index (χ0) is 49.4. The number of halogens is 2. The van der Waals surface area contributed by atoms with Gasteiger partial charge in [-0.15, -0.1) is 0 Å². The summed E-state index contributed by atoms with van der Waals surface area (Å²) in [5.41, 5.74) is 20.9. The molecule has 0 saturated heterocycles. The number of nitrogens with zero attached hydrogens (tertiary/aromatic N) is 6. The van der Waals surface area contributed by atoms with Crippen LogP contribution in [-0.4, -0.2) is 81.2 Å². The van der Waals surface area contributed by atoms with E-state index in [-0.39, 0.29) is 64.8 Å². The van der Waals surface area contributed by atoms with Gasteiger partial charge in [0.05, 0.1) is 11.1 Å². The van der Waals surface area contributed by atoms with Gasteiger partial charge in [-0.2, -0.15) is 0 Å². The molecule has 6 aromatic rings. The van der Waals surface area contributed by atoms with Crippen molar-refractivity contribution in [2.45, 2.75) is 96.9 Å². The molecular formula is C51H58F2N8O6Si. The monoisotopic (exact) mass is 944 g/mol. The molecule has 2 aromatic heterocycles. The number of hydrogen-bond donors (Lipinski definition) is 5. The van der Waals surface area contributed by atoms with Crippen LogP contribution in [0.1, 0.15) is 107 Å². The third kappa shape index (κ3) is 9.26. The van der Waals surface area contributed by atoms with Gasteiger partial charge < -0.3 is 41.2 Å². The predicted octanol–water partition coefficient (Wildman–Crippen LogP) is 8.94. The molecule has 0 unspecified atom stereocenters. The summed E-state index contributed by atoms with van der Waals surface area (Å²) in [4.78, 5) is 38.6. The third-order valence-corrected chi connectivity index (χ3v) is 19.3. The Morgan fingerprint density at radius 3 is 1.50 bits per heavy atom. The van der Waals surface area contributed by atoms with Crippen LogP contribution in [0.25, 0.3) is 21.8 Å². The number of fused-ring (bicyclic) bond motifs is 4. The molecular weight excluding hydrogens is 887 g/mol. The van der Waals surface area contributed by atoms with Crippen molar-refractivity contribution in [3.8, 4) is 11.5 Å². The summed E-state index contributed by atoms with van der Waals surface area (Å²) in [6, 6.07) is 16.5. The molecule has 14 nitrogen and oxygen atoms in total. The van der Waals surface area contributed by atoms with E-state index in [0.717, 1.165) is 38.8 Å². The second-order valence-corrected chi connectivity index (χ2v) is 24.1. The molecule has 0 radical (unpaired) electrons. The van der Waals surface area contributed by atoms with Crippen molar-refractivity contribution >= 4 is 53.6 Å². The average Bonchev–Trinajstić information content (AvgIpc) is 3.78. The van der Waals surface area contributed by atoms with Gasteiger partial charge in [-0.05, 0) is 110 Å². The Balaban J connectivity index is 0.000000210. The largest absolute Gasteiger partial charge is 0.541 e. The Morgan fingerprint density at radius 2 is 1.07 bits per heavy atom. The van der Waals surface area contributed by atoms with Gasteiger partial charge >= 0.3 is 0 Å². The molecule has 8 rings (SSSR count). The molecule has 0 atom stereocenters. The molecule has 0 spiro atoms. The van der Waals surface area contributed by atoms with E-state index < -0.39 is 8.32 Å². The van der Waals surface area contributed by atoms with Crippen LogP contribution in [0.3, 0.4) is 0 Å². The maximum Gasteiger partial charge on any atom is 0.258 e. The van der Waals surface area contributed by atoms with Gasteiger partial charge in [0.2, 0.25) is 0 Å². The first-order valence-corrected chi connectivity index (χ1v) is 24.7. The fourth-order valence-electron chi connectivity index (χ4n) is 10.1. The molecule has 2 amide bonds. The van der Waals surface area contributed by atoms with E-state index in [9.17, 15) is 28.7 Å². The summed E-state index contributed by atoms with van der Waals surface area (Å²) in [5, 5.41) is 36.9. The summed E-state index contributed by atoms with van der Waals surface area (Å²) < 4.78 is 33.8. The standard InChI is InChI=1S/C30H39FN4O3Si.C21H19FN4O3/c1-17(2)39(18(3)4,19(5)6)38-29-27-25(16-35(7)30(27)36)23(14-26(32)34-37)24-13-21(15-33-28(24)29)12-20-8-10-22(31)11-9-20;1-26-10-16-14(8-17(23)25-29)15-7-12(6-11-2-4-13(22)5-3-11)9-24-19(15)20(27)18(16)21(26)28/h8-11,13,15,17-19,37H,12,14,16H2,1-7H3,(H2,32,34);2-5,7,9,27,29H,6,8,10H2,1H3,(H2,23,25). The lowest BCUT2D eigenvalue weighted by Crippen LogP contribution is -2.51. The molecule has 17 heteroatoms. The number of amides is 2. The van der Waals surface area contributed by atoms with Gasteiger partial charge in [-0.25, -0.2) is 8.78 Å². The molecule has 0 fully saturated rings. The van der Waals surface area contributed by atoms with Crippen LogP contribution in [0.15, 0.2) is 83.4 Å². The van der Waals surface area contributed by atoms with Gasteiger partial charge in [-0.3, -0.25) is 19.6 Å². The predicted molar refractivity (Wildman–Crippen MR) is 261 cm³/mol. The quantitative estimate of drug-likeness (QED) is 0.0244. The molecule has 356 valence electrons. The Kier molecular flexibility index (Phi) is 14.1. The van der Waals surface area contributed by atoms with Gasteiger partial charge in [0.1, 0.15) is 40.1 Å². The molecule has 4 heterocycles. The number of benzene rings is 4. The molecule has 2 aliphatic rings. The number of hydrogen-bond acceptors (Lipinski definition) is 10. The van der Waals surface area contributed by atoms with Crippen molar-refractivity contribution < 1.29 is 38.3 Å². The van der Waals surface area contributed by atoms with Crippen molar-refractivity contribution in [2.75, 3.05) is 14.1 Å². The van der Waals surface area contributed by atoms with Crippen molar-refractivity contribution in [1.82, 2.24) is 19.8 Å². The van der Waals surface area contributed by atoms with Crippen molar-refractivity contribution in [3.05, 3.63) is 140 Å². The van der Waals surface area contributed by atoms with Crippen LogP contribution in [0.4, 0.5) is 8.78 Å². The first-order chi connectivity index (χ1) is 32.3. The minimum atomic E-state index is -2.45. The van der Waals surface area contributed by atoms with Crippen LogP contribution in [0.2, 0.25) is 16.6 Å². The first-order valence-electron chi connectivity index (χ1n) is 22.5. The fourth-order valence-corrected chi connectivity index (χ4v) is 15.4. The van der Waals surface area contributed by atoms with E-state index in [2.05, 4.69) is 56.8 Å². The van der Waals surface area contributed by atoms with Gasteiger partial charge in [0, 0.05) is 63.2 Å². The van der Waals surface area contributed by atoms with Gasteiger partial charge in [0.25, 0.3) is 20.1 Å². The van der Waals surface area contributed by atoms with Crippen LogP contribution >= 0.6 is 0 Å². The highest BCUT2D eigenvalue weighted by Gasteiger charge is 2.49. The summed E-state index contributed by atoms with van der Waals surface area (Å²) in [6.07, 6.45) is 4.76. The minimum absolute atomic E-state index is 0.00914. The zero-order valence-electron chi connectivity index (χ0n) is 39.6.